The van der Waals surface area contributed by atoms with Crippen LogP contribution in [-0.2, 0) is 14.3 Å². The number of carbonyl (C=O) groups excluding carboxylic acids is 1. The Morgan fingerprint density at radius 1 is 1.28 bits per heavy atom. The number of hydrogen-bond donors (Lipinski definition) is 2. The van der Waals surface area contributed by atoms with Crippen LogP contribution in [0.2, 0.25) is 0 Å². The Balaban J connectivity index is 2.73. The molecule has 0 aliphatic rings. The Morgan fingerprint density at radius 3 is 2.39 bits per heavy atom. The summed E-state index contributed by atoms with van der Waals surface area (Å²) in [6.45, 7) is 0. The van der Waals surface area contributed by atoms with Crippen LogP contribution in [0.25, 0.3) is 0 Å². The molecule has 0 bridgehead atoms. The standard InChI is InChI=1S/C13H16O5/c1-18-11(14)8-7-10(13(16)17)12(15)9-5-3-2-4-6-9/h2-6,10,12,15H,7-8H2,1H3,(H,16,17)/t10-,12+/m1/s1. The summed E-state index contributed by atoms with van der Waals surface area (Å²) in [6.07, 6.45) is -1.12. The molecule has 1 rings (SSSR count). The Bertz CT molecular complexity index is 401. The van der Waals surface area contributed by atoms with Gasteiger partial charge in [0.25, 0.3) is 0 Å². The molecule has 0 heterocycles. The molecule has 0 unspecified atom stereocenters. The third-order valence-corrected chi connectivity index (χ3v) is 2.73. The lowest BCUT2D eigenvalue weighted by Gasteiger charge is -2.18. The second kappa shape index (κ2) is 6.76. The number of rotatable bonds is 6. The minimum absolute atomic E-state index is 0.0304. The van der Waals surface area contributed by atoms with Gasteiger partial charge in [0.2, 0.25) is 0 Å². The van der Waals surface area contributed by atoms with Crippen LogP contribution in [0.3, 0.4) is 0 Å². The van der Waals surface area contributed by atoms with Crippen molar-refractivity contribution in [3.63, 3.8) is 0 Å². The van der Waals surface area contributed by atoms with Crippen molar-refractivity contribution in [2.75, 3.05) is 7.11 Å². The van der Waals surface area contributed by atoms with Gasteiger partial charge in [0.05, 0.1) is 19.1 Å². The highest BCUT2D eigenvalue weighted by Gasteiger charge is 2.28. The minimum Gasteiger partial charge on any atom is -0.481 e. The highest BCUT2D eigenvalue weighted by atomic mass is 16.5. The van der Waals surface area contributed by atoms with E-state index in [0.717, 1.165) is 0 Å². The molecule has 0 spiro atoms. The number of methoxy groups -OCH3 is 1. The summed E-state index contributed by atoms with van der Waals surface area (Å²) in [5.74, 6) is -2.64. The van der Waals surface area contributed by atoms with Gasteiger partial charge in [0, 0.05) is 6.42 Å². The average Bonchev–Trinajstić information content (AvgIpc) is 2.39. The monoisotopic (exact) mass is 252 g/mol. The molecule has 2 N–H and O–H groups in total. The van der Waals surface area contributed by atoms with Crippen molar-refractivity contribution in [2.45, 2.75) is 18.9 Å². The number of esters is 1. The molecule has 0 saturated carbocycles. The van der Waals surface area contributed by atoms with Gasteiger partial charge in [-0.25, -0.2) is 0 Å². The number of carbonyl (C=O) groups is 2. The first-order valence-corrected chi connectivity index (χ1v) is 5.59. The molecule has 0 aliphatic heterocycles. The molecule has 0 aromatic heterocycles. The van der Waals surface area contributed by atoms with Crippen molar-refractivity contribution in [2.24, 2.45) is 5.92 Å². The number of hydrogen-bond acceptors (Lipinski definition) is 4. The third-order valence-electron chi connectivity index (χ3n) is 2.73. The molecule has 0 aliphatic carbocycles. The number of carboxylic acids is 1. The number of aliphatic carboxylic acids is 1. The Kier molecular flexibility index (Phi) is 5.32. The molecule has 2 atom stereocenters. The topological polar surface area (TPSA) is 83.8 Å². The van der Waals surface area contributed by atoms with Crippen LogP contribution >= 0.6 is 0 Å². The van der Waals surface area contributed by atoms with E-state index in [0.29, 0.717) is 5.56 Å². The molecule has 18 heavy (non-hydrogen) atoms. The maximum absolute atomic E-state index is 11.1. The van der Waals surface area contributed by atoms with Gasteiger partial charge in [-0.3, -0.25) is 9.59 Å². The van der Waals surface area contributed by atoms with Gasteiger partial charge in [-0.05, 0) is 12.0 Å². The van der Waals surface area contributed by atoms with Crippen molar-refractivity contribution in [3.8, 4) is 0 Å². The predicted molar refractivity (Wildman–Crippen MR) is 63.8 cm³/mol. The molecule has 5 nitrogen and oxygen atoms in total. The van der Waals surface area contributed by atoms with Gasteiger partial charge >= 0.3 is 11.9 Å². The van der Waals surface area contributed by atoms with Crippen LogP contribution < -0.4 is 0 Å². The van der Waals surface area contributed by atoms with E-state index in [9.17, 15) is 14.7 Å². The summed E-state index contributed by atoms with van der Waals surface area (Å²) in [7, 11) is 1.24. The third kappa shape index (κ3) is 3.85. The highest BCUT2D eigenvalue weighted by molar-refractivity contribution is 5.73. The van der Waals surface area contributed by atoms with E-state index in [1.165, 1.54) is 7.11 Å². The first kappa shape index (κ1) is 14.2. The number of benzene rings is 1. The van der Waals surface area contributed by atoms with E-state index in [1.807, 2.05) is 0 Å². The van der Waals surface area contributed by atoms with Gasteiger partial charge in [0.1, 0.15) is 0 Å². The first-order chi connectivity index (χ1) is 8.56. The van der Waals surface area contributed by atoms with Crippen molar-refractivity contribution in [1.82, 2.24) is 0 Å². The molecule has 0 radical (unpaired) electrons. The van der Waals surface area contributed by atoms with E-state index in [-0.39, 0.29) is 12.8 Å². The highest BCUT2D eigenvalue weighted by Crippen LogP contribution is 2.26. The van der Waals surface area contributed by atoms with Crippen LogP contribution in [0.5, 0.6) is 0 Å². The van der Waals surface area contributed by atoms with Gasteiger partial charge in [0.15, 0.2) is 0 Å². The molecule has 98 valence electrons. The zero-order valence-electron chi connectivity index (χ0n) is 10.1. The average molecular weight is 252 g/mol. The van der Waals surface area contributed by atoms with Crippen molar-refractivity contribution in [1.29, 1.82) is 0 Å². The maximum atomic E-state index is 11.1. The smallest absolute Gasteiger partial charge is 0.309 e. The van der Waals surface area contributed by atoms with Crippen LogP contribution in [-0.4, -0.2) is 29.3 Å². The molecule has 0 amide bonds. The summed E-state index contributed by atoms with van der Waals surface area (Å²) >= 11 is 0. The summed E-state index contributed by atoms with van der Waals surface area (Å²) in [5, 5.41) is 19.1. The van der Waals surface area contributed by atoms with Crippen molar-refractivity contribution < 1.29 is 24.5 Å². The van der Waals surface area contributed by atoms with Crippen molar-refractivity contribution >= 4 is 11.9 Å². The SMILES string of the molecule is COC(=O)CC[C@@H](C(=O)O)[C@@H](O)c1ccccc1. The second-order valence-corrected chi connectivity index (χ2v) is 3.92. The lowest BCUT2D eigenvalue weighted by molar-refractivity contribution is -0.147. The maximum Gasteiger partial charge on any atom is 0.309 e. The zero-order valence-corrected chi connectivity index (χ0v) is 10.1. The number of ether oxygens (including phenoxy) is 1. The van der Waals surface area contributed by atoms with Gasteiger partial charge < -0.3 is 14.9 Å². The molecule has 5 heteroatoms. The van der Waals surface area contributed by atoms with Gasteiger partial charge in [-0.2, -0.15) is 0 Å². The molecule has 1 aromatic carbocycles. The largest absolute Gasteiger partial charge is 0.481 e. The fourth-order valence-electron chi connectivity index (χ4n) is 1.67. The van der Waals surface area contributed by atoms with Crippen LogP contribution in [0, 0.1) is 5.92 Å². The minimum atomic E-state index is -1.13. The van der Waals surface area contributed by atoms with E-state index in [4.69, 9.17) is 5.11 Å². The number of aliphatic hydroxyl groups is 1. The van der Waals surface area contributed by atoms with E-state index in [1.54, 1.807) is 30.3 Å². The van der Waals surface area contributed by atoms with E-state index in [2.05, 4.69) is 4.74 Å². The van der Waals surface area contributed by atoms with Crippen molar-refractivity contribution in [3.05, 3.63) is 35.9 Å². The summed E-state index contributed by atoms with van der Waals surface area (Å²) in [5.41, 5.74) is 0.523. The summed E-state index contributed by atoms with van der Waals surface area (Å²) < 4.78 is 4.45. The Hall–Kier alpha value is -1.88. The van der Waals surface area contributed by atoms with Crippen LogP contribution in [0.4, 0.5) is 0 Å². The molecule has 0 fully saturated rings. The lowest BCUT2D eigenvalue weighted by atomic mass is 9.92. The predicted octanol–water partition coefficient (Wildman–Crippen LogP) is 1.37. The van der Waals surface area contributed by atoms with Crippen LogP contribution in [0.1, 0.15) is 24.5 Å². The second-order valence-electron chi connectivity index (χ2n) is 3.92. The van der Waals surface area contributed by atoms with Gasteiger partial charge in [-0.1, -0.05) is 30.3 Å². The van der Waals surface area contributed by atoms with Crippen LogP contribution in [0.15, 0.2) is 30.3 Å². The van der Waals surface area contributed by atoms with Gasteiger partial charge in [-0.15, -0.1) is 0 Å². The quantitative estimate of drug-likeness (QED) is 0.747. The molecule has 1 aromatic rings. The van der Waals surface area contributed by atoms with E-state index < -0.39 is 24.0 Å². The molecular weight excluding hydrogens is 236 g/mol. The van der Waals surface area contributed by atoms with E-state index >= 15 is 0 Å². The number of carboxylic acid groups (broad SMARTS) is 1. The lowest BCUT2D eigenvalue weighted by Crippen LogP contribution is -2.23. The fraction of sp³-hybridized carbons (Fsp3) is 0.385. The fourth-order valence-corrected chi connectivity index (χ4v) is 1.67. The first-order valence-electron chi connectivity index (χ1n) is 5.59. The number of aliphatic hydroxyl groups excluding tert-OH is 1. The Morgan fingerprint density at radius 2 is 1.89 bits per heavy atom. The summed E-state index contributed by atoms with van der Waals surface area (Å²) in [4.78, 5) is 22.1. The zero-order chi connectivity index (χ0) is 13.5. The summed E-state index contributed by atoms with van der Waals surface area (Å²) in [6, 6.07) is 8.52. The molecule has 0 saturated heterocycles. The normalized spacial score (nSPS) is 13.7. The Labute approximate surface area is 105 Å². The molecular formula is C13H16O5.